The first-order valence-corrected chi connectivity index (χ1v) is 9.07. The Morgan fingerprint density at radius 3 is 2.71 bits per heavy atom. The molecule has 2 fully saturated rings. The van der Waals surface area contributed by atoms with Crippen molar-refractivity contribution in [3.63, 3.8) is 0 Å². The minimum Gasteiger partial charge on any atom is -0.351 e. The Hall–Kier alpha value is -2.02. The summed E-state index contributed by atoms with van der Waals surface area (Å²) in [7, 11) is 0. The molecule has 2 aliphatic rings. The van der Waals surface area contributed by atoms with E-state index in [4.69, 9.17) is 0 Å². The molecule has 4 nitrogen and oxygen atoms in total. The van der Waals surface area contributed by atoms with Gasteiger partial charge in [0.05, 0.1) is 0 Å². The molecule has 0 radical (unpaired) electrons. The van der Waals surface area contributed by atoms with Gasteiger partial charge in [-0.1, -0.05) is 6.92 Å². The lowest BCUT2D eigenvalue weighted by Crippen LogP contribution is -2.31. The molecule has 2 saturated carbocycles. The van der Waals surface area contributed by atoms with Crippen LogP contribution in [-0.2, 0) is 11.3 Å². The van der Waals surface area contributed by atoms with Gasteiger partial charge in [0.1, 0.15) is 11.6 Å². The Morgan fingerprint density at radius 1 is 1.46 bits per heavy atom. The topological polar surface area (TPSA) is 57.8 Å². The highest BCUT2D eigenvalue weighted by molar-refractivity contribution is 6.01. The van der Waals surface area contributed by atoms with Crippen molar-refractivity contribution < 1.29 is 4.79 Å². The van der Waals surface area contributed by atoms with E-state index in [-0.39, 0.29) is 11.5 Å². The third-order valence-electron chi connectivity index (χ3n) is 5.66. The Labute approximate surface area is 144 Å². The lowest BCUT2D eigenvalue weighted by molar-refractivity contribution is -0.117. The smallest absolute Gasteiger partial charge is 0.261 e. The van der Waals surface area contributed by atoms with Crippen LogP contribution < -0.4 is 5.32 Å². The maximum Gasteiger partial charge on any atom is 0.261 e. The Morgan fingerprint density at radius 2 is 2.17 bits per heavy atom. The number of amides is 1. The van der Waals surface area contributed by atoms with Gasteiger partial charge in [-0.25, -0.2) is 0 Å². The van der Waals surface area contributed by atoms with E-state index >= 15 is 0 Å². The van der Waals surface area contributed by atoms with Gasteiger partial charge in [-0.05, 0) is 75.0 Å². The first kappa shape index (κ1) is 16.8. The molecule has 0 aromatic carbocycles. The number of hydrogen-bond donors (Lipinski definition) is 1. The molecule has 0 bridgehead atoms. The summed E-state index contributed by atoms with van der Waals surface area (Å²) in [4.78, 5) is 12.4. The fourth-order valence-electron chi connectivity index (χ4n) is 3.78. The van der Waals surface area contributed by atoms with Crippen molar-refractivity contribution in [2.24, 2.45) is 11.3 Å². The Balaban J connectivity index is 1.71. The van der Waals surface area contributed by atoms with E-state index in [0.29, 0.717) is 5.41 Å². The molecule has 1 amide bonds. The van der Waals surface area contributed by atoms with Gasteiger partial charge in [-0.3, -0.25) is 4.79 Å². The molecule has 1 aromatic rings. The first-order chi connectivity index (χ1) is 11.5. The highest BCUT2D eigenvalue weighted by Crippen LogP contribution is 2.60. The van der Waals surface area contributed by atoms with Crippen molar-refractivity contribution in [2.45, 2.75) is 59.4 Å². The first-order valence-electron chi connectivity index (χ1n) is 9.07. The van der Waals surface area contributed by atoms with Gasteiger partial charge in [0.15, 0.2) is 0 Å². The molecule has 1 N–H and O–H groups in total. The molecule has 0 unspecified atom stereocenters. The summed E-state index contributed by atoms with van der Waals surface area (Å²) in [6.07, 6.45) is 7.86. The van der Waals surface area contributed by atoms with Crippen LogP contribution in [0.3, 0.4) is 0 Å². The van der Waals surface area contributed by atoms with Gasteiger partial charge in [0.2, 0.25) is 0 Å². The van der Waals surface area contributed by atoms with Crippen LogP contribution in [0.2, 0.25) is 0 Å². The molecule has 128 valence electrons. The van der Waals surface area contributed by atoms with Crippen molar-refractivity contribution >= 4 is 12.0 Å². The van der Waals surface area contributed by atoms with E-state index in [1.165, 1.54) is 31.4 Å². The van der Waals surface area contributed by atoms with Crippen molar-refractivity contribution in [1.82, 2.24) is 9.88 Å². The molecule has 4 heteroatoms. The monoisotopic (exact) mass is 325 g/mol. The maximum absolute atomic E-state index is 12.4. The van der Waals surface area contributed by atoms with E-state index in [2.05, 4.69) is 35.9 Å². The molecular weight excluding hydrogens is 298 g/mol. The average Bonchev–Trinajstić information content (AvgIpc) is 3.45. The summed E-state index contributed by atoms with van der Waals surface area (Å²) in [6, 6.07) is 4.14. The van der Waals surface area contributed by atoms with E-state index in [9.17, 15) is 10.1 Å². The molecule has 0 saturated heterocycles. The van der Waals surface area contributed by atoms with Crippen molar-refractivity contribution in [1.29, 1.82) is 5.26 Å². The van der Waals surface area contributed by atoms with Crippen molar-refractivity contribution in [3.05, 3.63) is 28.6 Å². The summed E-state index contributed by atoms with van der Waals surface area (Å²) < 4.78 is 2.24. The number of hydrogen-bond acceptors (Lipinski definition) is 2. The van der Waals surface area contributed by atoms with Crippen LogP contribution in [0.5, 0.6) is 0 Å². The van der Waals surface area contributed by atoms with E-state index in [1.54, 1.807) is 6.08 Å². The average molecular weight is 325 g/mol. The van der Waals surface area contributed by atoms with E-state index < -0.39 is 0 Å². The van der Waals surface area contributed by atoms with Crippen LogP contribution in [0.1, 0.15) is 56.0 Å². The zero-order valence-corrected chi connectivity index (χ0v) is 15.0. The SMILES string of the molecule is CCCn1c(C)cc(C=C(C#N)C(=O)NCC2(C3CC3)CC2)c1C. The number of aromatic nitrogens is 1. The second kappa shape index (κ2) is 6.47. The highest BCUT2D eigenvalue weighted by Gasteiger charge is 2.53. The van der Waals surface area contributed by atoms with Crippen LogP contribution in [0.15, 0.2) is 11.6 Å². The predicted molar refractivity (Wildman–Crippen MR) is 95.2 cm³/mol. The van der Waals surface area contributed by atoms with Crippen LogP contribution in [-0.4, -0.2) is 17.0 Å². The molecule has 24 heavy (non-hydrogen) atoms. The van der Waals surface area contributed by atoms with Gasteiger partial charge in [0.25, 0.3) is 5.91 Å². The fraction of sp³-hybridized carbons (Fsp3) is 0.600. The third-order valence-corrected chi connectivity index (χ3v) is 5.66. The molecule has 2 aliphatic carbocycles. The number of nitrogens with zero attached hydrogens (tertiary/aromatic N) is 2. The van der Waals surface area contributed by atoms with Crippen LogP contribution >= 0.6 is 0 Å². The normalized spacial score (nSPS) is 19.0. The number of carbonyl (C=O) groups excluding carboxylic acids is 1. The molecule has 1 aromatic heterocycles. The summed E-state index contributed by atoms with van der Waals surface area (Å²) in [5.74, 6) is 0.574. The van der Waals surface area contributed by atoms with Crippen LogP contribution in [0, 0.1) is 36.5 Å². The fourth-order valence-corrected chi connectivity index (χ4v) is 3.78. The molecule has 1 heterocycles. The van der Waals surface area contributed by atoms with E-state index in [0.717, 1.165) is 36.7 Å². The summed E-state index contributed by atoms with van der Waals surface area (Å²) >= 11 is 0. The number of rotatable bonds is 7. The van der Waals surface area contributed by atoms with Gasteiger partial charge >= 0.3 is 0 Å². The summed E-state index contributed by atoms with van der Waals surface area (Å²) in [6.45, 7) is 7.95. The second-order valence-corrected chi connectivity index (χ2v) is 7.47. The third kappa shape index (κ3) is 3.26. The molecule has 0 aliphatic heterocycles. The van der Waals surface area contributed by atoms with Gasteiger partial charge in [-0.15, -0.1) is 0 Å². The predicted octanol–water partition coefficient (Wildman–Crippen LogP) is 3.73. The van der Waals surface area contributed by atoms with Gasteiger partial charge in [-0.2, -0.15) is 5.26 Å². The van der Waals surface area contributed by atoms with E-state index in [1.807, 2.05) is 6.92 Å². The number of carbonyl (C=O) groups is 1. The quantitative estimate of drug-likeness (QED) is 0.613. The van der Waals surface area contributed by atoms with Gasteiger partial charge in [0, 0.05) is 24.5 Å². The van der Waals surface area contributed by atoms with Crippen LogP contribution in [0.4, 0.5) is 0 Å². The Bertz CT molecular complexity index is 712. The Kier molecular flexibility index (Phi) is 4.54. The van der Waals surface area contributed by atoms with Crippen molar-refractivity contribution in [2.75, 3.05) is 6.54 Å². The molecule has 0 spiro atoms. The lowest BCUT2D eigenvalue weighted by atomic mass is 10.0. The van der Waals surface area contributed by atoms with Crippen LogP contribution in [0.25, 0.3) is 6.08 Å². The standard InChI is InChI=1S/C20H27N3O/c1-4-9-23-14(2)10-16(15(23)3)11-17(12-21)19(24)22-13-20(7-8-20)18-5-6-18/h10-11,18H,4-9,13H2,1-3H3,(H,22,24). The maximum atomic E-state index is 12.4. The zero-order valence-electron chi connectivity index (χ0n) is 15.0. The molecule has 3 rings (SSSR count). The summed E-state index contributed by atoms with van der Waals surface area (Å²) in [5.41, 5.74) is 3.82. The van der Waals surface area contributed by atoms with Crippen molar-refractivity contribution in [3.8, 4) is 6.07 Å². The minimum atomic E-state index is -0.232. The lowest BCUT2D eigenvalue weighted by Gasteiger charge is -2.14. The summed E-state index contributed by atoms with van der Waals surface area (Å²) in [5, 5.41) is 12.4. The molecular formula is C20H27N3O. The zero-order chi connectivity index (χ0) is 17.3. The molecule has 0 atom stereocenters. The number of aryl methyl sites for hydroxylation is 1. The number of nitrogens with one attached hydrogen (secondary N) is 1. The minimum absolute atomic E-state index is 0.207. The van der Waals surface area contributed by atoms with Gasteiger partial charge < -0.3 is 9.88 Å². The largest absolute Gasteiger partial charge is 0.351 e. The highest BCUT2D eigenvalue weighted by atomic mass is 16.1. The second-order valence-electron chi connectivity index (χ2n) is 7.47. The number of nitriles is 1.